The van der Waals surface area contributed by atoms with Crippen molar-refractivity contribution in [2.75, 3.05) is 0 Å². The molecule has 0 radical (unpaired) electrons. The summed E-state index contributed by atoms with van der Waals surface area (Å²) >= 11 is 13.7. The molecule has 1 heterocycles. The fraction of sp³-hybridized carbons (Fsp3) is 0.231. The highest BCUT2D eigenvalue weighted by Gasteiger charge is 2.06. The van der Waals surface area contributed by atoms with Crippen molar-refractivity contribution in [3.63, 3.8) is 0 Å². The van der Waals surface area contributed by atoms with Crippen LogP contribution in [0.25, 0.3) is 0 Å². The summed E-state index contributed by atoms with van der Waals surface area (Å²) in [6.45, 7) is 2.89. The van der Waals surface area contributed by atoms with E-state index >= 15 is 0 Å². The average molecular weight is 286 g/mol. The van der Waals surface area contributed by atoms with Gasteiger partial charge in [0.15, 0.2) is 0 Å². The van der Waals surface area contributed by atoms with E-state index in [0.29, 0.717) is 16.1 Å². The molecule has 0 amide bonds. The second-order valence-electron chi connectivity index (χ2n) is 3.90. The number of hydrogen-bond acceptors (Lipinski definition) is 2. The summed E-state index contributed by atoms with van der Waals surface area (Å²) in [5, 5.41) is 9.06. The summed E-state index contributed by atoms with van der Waals surface area (Å²) in [4.78, 5) is 0. The number of thiophene rings is 1. The van der Waals surface area contributed by atoms with Gasteiger partial charge in [-0.2, -0.15) is 11.3 Å². The van der Waals surface area contributed by atoms with Gasteiger partial charge in [-0.25, -0.2) is 0 Å². The third kappa shape index (κ3) is 3.46. The Morgan fingerprint density at radius 3 is 2.76 bits per heavy atom. The van der Waals surface area contributed by atoms with E-state index in [0.717, 1.165) is 12.1 Å². The van der Waals surface area contributed by atoms with E-state index in [4.69, 9.17) is 23.2 Å². The molecule has 1 aromatic heterocycles. The van der Waals surface area contributed by atoms with Gasteiger partial charge in [0.25, 0.3) is 0 Å². The predicted molar refractivity (Wildman–Crippen MR) is 76.0 cm³/mol. The Hall–Kier alpha value is -0.540. The molecule has 17 heavy (non-hydrogen) atoms. The van der Waals surface area contributed by atoms with Crippen LogP contribution in [-0.2, 0) is 6.54 Å². The van der Waals surface area contributed by atoms with Crippen LogP contribution >= 0.6 is 34.5 Å². The molecule has 2 rings (SSSR count). The van der Waals surface area contributed by atoms with E-state index in [2.05, 4.69) is 29.1 Å². The zero-order valence-electron chi connectivity index (χ0n) is 9.41. The van der Waals surface area contributed by atoms with E-state index in [1.807, 2.05) is 12.1 Å². The van der Waals surface area contributed by atoms with Gasteiger partial charge in [-0.3, -0.25) is 0 Å². The lowest BCUT2D eigenvalue weighted by atomic mass is 10.1. The van der Waals surface area contributed by atoms with Crippen LogP contribution in [0.15, 0.2) is 35.0 Å². The topological polar surface area (TPSA) is 12.0 Å². The van der Waals surface area contributed by atoms with Crippen molar-refractivity contribution in [1.29, 1.82) is 0 Å². The highest BCUT2D eigenvalue weighted by molar-refractivity contribution is 7.07. The van der Waals surface area contributed by atoms with Crippen LogP contribution < -0.4 is 5.32 Å². The third-order valence-electron chi connectivity index (χ3n) is 2.66. The van der Waals surface area contributed by atoms with Gasteiger partial charge in [0, 0.05) is 22.6 Å². The van der Waals surface area contributed by atoms with E-state index in [1.165, 1.54) is 5.56 Å². The monoisotopic (exact) mass is 285 g/mol. The van der Waals surface area contributed by atoms with Crippen molar-refractivity contribution >= 4 is 34.5 Å². The molecule has 0 spiro atoms. The lowest BCUT2D eigenvalue weighted by Gasteiger charge is -2.13. The number of benzene rings is 1. The molecule has 1 N–H and O–H groups in total. The van der Waals surface area contributed by atoms with Crippen LogP contribution in [0.2, 0.25) is 10.0 Å². The van der Waals surface area contributed by atoms with Crippen molar-refractivity contribution in [3.8, 4) is 0 Å². The van der Waals surface area contributed by atoms with E-state index in [9.17, 15) is 0 Å². The van der Waals surface area contributed by atoms with E-state index in [1.54, 1.807) is 17.4 Å². The number of rotatable bonds is 4. The van der Waals surface area contributed by atoms with Crippen LogP contribution in [0.5, 0.6) is 0 Å². The first kappa shape index (κ1) is 12.9. The van der Waals surface area contributed by atoms with Gasteiger partial charge in [0.1, 0.15) is 0 Å². The Morgan fingerprint density at radius 1 is 1.29 bits per heavy atom. The molecule has 90 valence electrons. The second kappa shape index (κ2) is 5.87. The maximum atomic E-state index is 6.12. The molecular formula is C13H13Cl2NS. The second-order valence-corrected chi connectivity index (χ2v) is 5.52. The highest BCUT2D eigenvalue weighted by atomic mass is 35.5. The number of hydrogen-bond donors (Lipinski definition) is 1. The zero-order valence-corrected chi connectivity index (χ0v) is 11.7. The minimum atomic E-state index is 0.327. The quantitative estimate of drug-likeness (QED) is 0.842. The van der Waals surface area contributed by atoms with Gasteiger partial charge in [-0.05, 0) is 47.0 Å². The van der Waals surface area contributed by atoms with Gasteiger partial charge in [0.05, 0.1) is 0 Å². The van der Waals surface area contributed by atoms with Crippen LogP contribution in [-0.4, -0.2) is 0 Å². The summed E-state index contributed by atoms with van der Waals surface area (Å²) in [5.41, 5.74) is 2.37. The summed E-state index contributed by atoms with van der Waals surface area (Å²) in [6, 6.07) is 8.05. The predicted octanol–water partition coefficient (Wildman–Crippen LogP) is 4.91. The molecule has 0 aliphatic carbocycles. The van der Waals surface area contributed by atoms with Crippen molar-refractivity contribution in [3.05, 3.63) is 56.2 Å². The molecule has 1 nitrogen and oxygen atoms in total. The fourth-order valence-corrected chi connectivity index (χ4v) is 2.80. The normalized spacial score (nSPS) is 12.6. The molecule has 0 fully saturated rings. The first-order valence-corrected chi connectivity index (χ1v) is 7.06. The lowest BCUT2D eigenvalue weighted by molar-refractivity contribution is 0.576. The van der Waals surface area contributed by atoms with Crippen LogP contribution in [0.4, 0.5) is 0 Å². The molecular weight excluding hydrogens is 273 g/mol. The van der Waals surface area contributed by atoms with Gasteiger partial charge >= 0.3 is 0 Å². The zero-order chi connectivity index (χ0) is 12.3. The molecule has 0 saturated carbocycles. The molecule has 0 bridgehead atoms. The standard InChI is InChI=1S/C13H13Cl2NS/c1-9(11-4-5-17-8-11)16-7-10-2-3-12(14)6-13(10)15/h2-6,8-9,16H,7H2,1H3. The molecule has 1 aromatic carbocycles. The van der Waals surface area contributed by atoms with Crippen LogP contribution in [0.3, 0.4) is 0 Å². The Morgan fingerprint density at radius 2 is 2.12 bits per heavy atom. The van der Waals surface area contributed by atoms with Gasteiger partial charge in [-0.15, -0.1) is 0 Å². The SMILES string of the molecule is CC(NCc1ccc(Cl)cc1Cl)c1ccsc1. The highest BCUT2D eigenvalue weighted by Crippen LogP contribution is 2.22. The Labute approximate surface area is 115 Å². The maximum absolute atomic E-state index is 6.12. The molecule has 0 aliphatic rings. The third-order valence-corrected chi connectivity index (χ3v) is 3.95. The van der Waals surface area contributed by atoms with Crippen LogP contribution in [0, 0.1) is 0 Å². The molecule has 1 atom stereocenters. The maximum Gasteiger partial charge on any atom is 0.0465 e. The minimum Gasteiger partial charge on any atom is -0.306 e. The average Bonchev–Trinajstić information content (AvgIpc) is 2.81. The lowest BCUT2D eigenvalue weighted by Crippen LogP contribution is -2.17. The first-order valence-electron chi connectivity index (χ1n) is 5.36. The van der Waals surface area contributed by atoms with Crippen molar-refractivity contribution < 1.29 is 0 Å². The Kier molecular flexibility index (Phi) is 4.46. The molecule has 1 unspecified atom stereocenters. The smallest absolute Gasteiger partial charge is 0.0465 e. The molecule has 2 aromatic rings. The summed E-state index contributed by atoms with van der Waals surface area (Å²) in [7, 11) is 0. The van der Waals surface area contributed by atoms with Gasteiger partial charge < -0.3 is 5.32 Å². The van der Waals surface area contributed by atoms with Crippen molar-refractivity contribution in [2.24, 2.45) is 0 Å². The number of nitrogens with one attached hydrogen (secondary N) is 1. The molecule has 0 saturated heterocycles. The Balaban J connectivity index is 1.98. The summed E-state index contributed by atoms with van der Waals surface area (Å²) < 4.78 is 0. The van der Waals surface area contributed by atoms with E-state index in [-0.39, 0.29) is 0 Å². The molecule has 4 heteroatoms. The van der Waals surface area contributed by atoms with Crippen molar-refractivity contribution in [2.45, 2.75) is 19.5 Å². The van der Waals surface area contributed by atoms with Crippen LogP contribution in [0.1, 0.15) is 24.1 Å². The first-order chi connectivity index (χ1) is 8.16. The van der Waals surface area contributed by atoms with Gasteiger partial charge in [-0.1, -0.05) is 29.3 Å². The van der Waals surface area contributed by atoms with Crippen molar-refractivity contribution in [1.82, 2.24) is 5.32 Å². The molecule has 0 aliphatic heterocycles. The minimum absolute atomic E-state index is 0.327. The fourth-order valence-electron chi connectivity index (χ4n) is 1.57. The number of halogens is 2. The Bertz CT molecular complexity index is 482. The largest absolute Gasteiger partial charge is 0.306 e. The summed E-state index contributed by atoms with van der Waals surface area (Å²) in [5.74, 6) is 0. The summed E-state index contributed by atoms with van der Waals surface area (Å²) in [6.07, 6.45) is 0. The van der Waals surface area contributed by atoms with Gasteiger partial charge in [0.2, 0.25) is 0 Å². The van der Waals surface area contributed by atoms with E-state index < -0.39 is 0 Å².